The van der Waals surface area contributed by atoms with Crippen LogP contribution in [0.15, 0.2) is 0 Å². The number of unbranched alkanes of at least 4 members (excludes halogenated alkanes) is 24. The number of rotatable bonds is 29. The van der Waals surface area contributed by atoms with Crippen LogP contribution in [0.5, 0.6) is 0 Å². The molecule has 0 atom stereocenters. The second kappa shape index (κ2) is 30.9. The molecular weight excluding hydrogens is 392 g/mol. The zero-order chi connectivity index (χ0) is 23.2. The Morgan fingerprint density at radius 1 is 0.344 bits per heavy atom. The molecule has 0 rings (SSSR count). The van der Waals surface area contributed by atoms with Gasteiger partial charge in [0.2, 0.25) is 0 Å². The topological polar surface area (TPSA) is 29.5 Å². The van der Waals surface area contributed by atoms with Gasteiger partial charge in [0.15, 0.2) is 0 Å². The van der Waals surface area contributed by atoms with Crippen molar-refractivity contribution in [2.24, 2.45) is 0 Å². The fourth-order valence-electron chi connectivity index (χ4n) is 4.58. The minimum atomic E-state index is 0.367. The molecule has 194 valence electrons. The highest BCUT2D eigenvalue weighted by molar-refractivity contribution is 4.51. The van der Waals surface area contributed by atoms with Gasteiger partial charge in [0.05, 0.1) is 0 Å². The van der Waals surface area contributed by atoms with Crippen LogP contribution in [0.25, 0.3) is 0 Å². The molecule has 0 amide bonds. The zero-order valence-corrected chi connectivity index (χ0v) is 22.4. The molecule has 0 aliphatic carbocycles. The fraction of sp³-hybridized carbons (Fsp3) is 1.00. The van der Waals surface area contributed by atoms with Crippen LogP contribution < -0.4 is 0 Å². The lowest BCUT2D eigenvalue weighted by molar-refractivity contribution is 0.125. The minimum Gasteiger partial charge on any atom is -0.396 e. The van der Waals surface area contributed by atoms with Crippen LogP contribution in [0.4, 0.5) is 0 Å². The Balaban J connectivity index is 2.98. The summed E-state index contributed by atoms with van der Waals surface area (Å²) in [6.07, 6.45) is 35.8. The van der Waals surface area contributed by atoms with E-state index in [1.165, 1.54) is 161 Å². The minimum absolute atomic E-state index is 0.367. The van der Waals surface area contributed by atoms with E-state index in [-0.39, 0.29) is 0 Å². The van der Waals surface area contributed by atoms with Crippen LogP contribution in [0.2, 0.25) is 0 Å². The summed E-state index contributed by atoms with van der Waals surface area (Å²) in [4.78, 5) is 0. The van der Waals surface area contributed by atoms with E-state index >= 15 is 0 Å². The largest absolute Gasteiger partial charge is 0.396 e. The average molecular weight is 455 g/mol. The molecule has 0 unspecified atom stereocenters. The maximum absolute atomic E-state index is 8.76. The lowest BCUT2D eigenvalue weighted by Crippen LogP contribution is -1.97. The van der Waals surface area contributed by atoms with Crippen molar-refractivity contribution in [3.05, 3.63) is 0 Å². The molecule has 32 heavy (non-hydrogen) atoms. The summed E-state index contributed by atoms with van der Waals surface area (Å²) in [7, 11) is 0. The van der Waals surface area contributed by atoms with Crippen molar-refractivity contribution in [1.82, 2.24) is 0 Å². The Labute approximate surface area is 203 Å². The van der Waals surface area contributed by atoms with Crippen molar-refractivity contribution in [2.45, 2.75) is 174 Å². The first-order valence-electron chi connectivity index (χ1n) is 15.1. The Morgan fingerprint density at radius 2 is 0.594 bits per heavy atom. The van der Waals surface area contributed by atoms with Crippen LogP contribution in [0.1, 0.15) is 174 Å². The molecule has 2 heteroatoms. The van der Waals surface area contributed by atoms with Gasteiger partial charge in [0, 0.05) is 19.8 Å². The van der Waals surface area contributed by atoms with Crippen molar-refractivity contribution in [2.75, 3.05) is 19.8 Å². The summed E-state index contributed by atoms with van der Waals surface area (Å²) in [5.41, 5.74) is 0. The molecule has 0 saturated heterocycles. The van der Waals surface area contributed by atoms with Gasteiger partial charge < -0.3 is 9.84 Å². The highest BCUT2D eigenvalue weighted by Crippen LogP contribution is 2.14. The first-order valence-corrected chi connectivity index (χ1v) is 15.1. The molecule has 0 aromatic rings. The van der Waals surface area contributed by atoms with E-state index in [1.807, 2.05) is 0 Å². The van der Waals surface area contributed by atoms with E-state index < -0.39 is 0 Å². The van der Waals surface area contributed by atoms with Gasteiger partial charge in [-0.2, -0.15) is 0 Å². The molecule has 0 aromatic carbocycles. The van der Waals surface area contributed by atoms with Crippen molar-refractivity contribution >= 4 is 0 Å². The van der Waals surface area contributed by atoms with Gasteiger partial charge >= 0.3 is 0 Å². The quantitative estimate of drug-likeness (QED) is 0.114. The molecule has 0 saturated carbocycles. The van der Waals surface area contributed by atoms with Gasteiger partial charge in [-0.05, 0) is 19.3 Å². The van der Waals surface area contributed by atoms with Gasteiger partial charge in [0.25, 0.3) is 0 Å². The van der Waals surface area contributed by atoms with Gasteiger partial charge in [-0.25, -0.2) is 0 Å². The van der Waals surface area contributed by atoms with Crippen molar-refractivity contribution in [1.29, 1.82) is 0 Å². The van der Waals surface area contributed by atoms with Gasteiger partial charge in [-0.15, -0.1) is 0 Å². The van der Waals surface area contributed by atoms with Gasteiger partial charge in [-0.1, -0.05) is 155 Å². The second-order valence-corrected chi connectivity index (χ2v) is 10.2. The maximum Gasteiger partial charge on any atom is 0.0466 e. The molecule has 0 aliphatic rings. The SMILES string of the molecule is CCCCCCCCCCCCCCCOCCCCCCCCCCCCCCCO. The van der Waals surface area contributed by atoms with E-state index in [0.29, 0.717) is 6.61 Å². The van der Waals surface area contributed by atoms with E-state index in [9.17, 15) is 0 Å². The smallest absolute Gasteiger partial charge is 0.0466 e. The summed E-state index contributed by atoms with van der Waals surface area (Å²) in [6, 6.07) is 0. The summed E-state index contributed by atoms with van der Waals surface area (Å²) < 4.78 is 5.83. The summed E-state index contributed by atoms with van der Waals surface area (Å²) in [5.74, 6) is 0. The Bertz CT molecular complexity index is 275. The van der Waals surface area contributed by atoms with Crippen LogP contribution in [0, 0.1) is 0 Å². The maximum atomic E-state index is 8.76. The van der Waals surface area contributed by atoms with Crippen LogP contribution >= 0.6 is 0 Å². The molecule has 0 spiro atoms. The van der Waals surface area contributed by atoms with E-state index in [1.54, 1.807) is 0 Å². The molecule has 0 fully saturated rings. The first kappa shape index (κ1) is 31.9. The Morgan fingerprint density at radius 3 is 0.875 bits per heavy atom. The van der Waals surface area contributed by atoms with E-state index in [2.05, 4.69) is 6.92 Å². The molecule has 2 nitrogen and oxygen atoms in total. The number of aliphatic hydroxyl groups is 1. The third kappa shape index (κ3) is 29.9. The Hall–Kier alpha value is -0.0800. The van der Waals surface area contributed by atoms with E-state index in [4.69, 9.17) is 9.84 Å². The van der Waals surface area contributed by atoms with Crippen LogP contribution in [0.3, 0.4) is 0 Å². The van der Waals surface area contributed by atoms with Gasteiger partial charge in [0.1, 0.15) is 0 Å². The number of hydrogen-bond donors (Lipinski definition) is 1. The third-order valence-corrected chi connectivity index (χ3v) is 6.84. The highest BCUT2D eigenvalue weighted by Gasteiger charge is 1.96. The third-order valence-electron chi connectivity index (χ3n) is 6.84. The predicted octanol–water partition coefficient (Wildman–Crippen LogP) is 10.2. The monoisotopic (exact) mass is 454 g/mol. The number of hydrogen-bond acceptors (Lipinski definition) is 2. The number of ether oxygens (including phenoxy) is 1. The molecule has 0 aliphatic heterocycles. The standard InChI is InChI=1S/C30H62O2/c1-2-3-4-5-6-7-8-11-14-17-20-23-26-29-32-30-27-24-21-18-15-12-9-10-13-16-19-22-25-28-31/h31H,2-30H2,1H3. The number of aliphatic hydroxyl groups excluding tert-OH is 1. The van der Waals surface area contributed by atoms with Gasteiger partial charge in [-0.3, -0.25) is 0 Å². The molecule has 0 bridgehead atoms. The summed E-state index contributed by atoms with van der Waals surface area (Å²) in [5, 5.41) is 8.76. The van der Waals surface area contributed by atoms with Crippen LogP contribution in [-0.2, 0) is 4.74 Å². The fourth-order valence-corrected chi connectivity index (χ4v) is 4.58. The lowest BCUT2D eigenvalue weighted by Gasteiger charge is -2.05. The molecule has 0 aromatic heterocycles. The first-order chi connectivity index (χ1) is 15.9. The van der Waals surface area contributed by atoms with Crippen LogP contribution in [-0.4, -0.2) is 24.9 Å². The van der Waals surface area contributed by atoms with Crippen molar-refractivity contribution in [3.63, 3.8) is 0 Å². The van der Waals surface area contributed by atoms with E-state index in [0.717, 1.165) is 19.6 Å². The normalized spacial score (nSPS) is 11.4. The highest BCUT2D eigenvalue weighted by atomic mass is 16.5. The van der Waals surface area contributed by atoms with Crippen molar-refractivity contribution < 1.29 is 9.84 Å². The zero-order valence-electron chi connectivity index (χ0n) is 22.4. The lowest BCUT2D eigenvalue weighted by atomic mass is 10.0. The summed E-state index contributed by atoms with van der Waals surface area (Å²) in [6.45, 7) is 4.63. The molecule has 0 heterocycles. The average Bonchev–Trinajstić information content (AvgIpc) is 2.81. The molecule has 0 radical (unpaired) electrons. The van der Waals surface area contributed by atoms with Crippen molar-refractivity contribution in [3.8, 4) is 0 Å². The molecular formula is C30H62O2. The Kier molecular flexibility index (Phi) is 30.8. The second-order valence-electron chi connectivity index (χ2n) is 10.2. The molecule has 1 N–H and O–H groups in total. The summed E-state index contributed by atoms with van der Waals surface area (Å²) >= 11 is 0. The predicted molar refractivity (Wildman–Crippen MR) is 144 cm³/mol.